The van der Waals surface area contributed by atoms with Crippen molar-refractivity contribution in [1.29, 1.82) is 0 Å². The van der Waals surface area contributed by atoms with Crippen LogP contribution < -0.4 is 26.2 Å². The lowest BCUT2D eigenvalue weighted by Crippen LogP contribution is -2.40. The predicted octanol–water partition coefficient (Wildman–Crippen LogP) is -2.32. The third-order valence-electron chi connectivity index (χ3n) is 5.66. The van der Waals surface area contributed by atoms with Crippen LogP contribution in [0.3, 0.4) is 0 Å². The lowest BCUT2D eigenvalue weighted by molar-refractivity contribution is 0.186. The summed E-state index contributed by atoms with van der Waals surface area (Å²) in [6.07, 6.45) is 0.394. The normalized spacial score (nSPS) is 17.8. The monoisotopic (exact) mass is 503 g/mol. The molecule has 0 radical (unpaired) electrons. The van der Waals surface area contributed by atoms with E-state index in [0.29, 0.717) is 24.7 Å². The van der Waals surface area contributed by atoms with Gasteiger partial charge in [-0.05, 0) is 48.2 Å². The highest BCUT2D eigenvalue weighted by Gasteiger charge is 2.34. The number of tetrazole rings is 1. The van der Waals surface area contributed by atoms with Crippen LogP contribution >= 0.6 is 0 Å². The third kappa shape index (κ3) is 5.65. The molecule has 2 heterocycles. The molecule has 1 aromatic carbocycles. The van der Waals surface area contributed by atoms with Crippen molar-refractivity contribution in [3.8, 4) is 11.4 Å². The van der Waals surface area contributed by atoms with Crippen LogP contribution in [-0.2, 0) is 20.0 Å². The van der Waals surface area contributed by atoms with Crippen molar-refractivity contribution in [3.63, 3.8) is 0 Å². The third-order valence-corrected chi connectivity index (χ3v) is 8.25. The molecule has 0 bridgehead atoms. The van der Waals surface area contributed by atoms with Gasteiger partial charge in [-0.2, -0.15) is 0 Å². The van der Waals surface area contributed by atoms with Crippen molar-refractivity contribution >= 4 is 25.7 Å². The fraction of sp³-hybridized carbons (Fsp3) is 0.588. The van der Waals surface area contributed by atoms with Crippen molar-refractivity contribution in [2.75, 3.05) is 31.1 Å². The molecule has 0 amide bonds. The van der Waals surface area contributed by atoms with Crippen LogP contribution in [-0.4, -0.2) is 80.9 Å². The van der Waals surface area contributed by atoms with Crippen molar-refractivity contribution in [2.45, 2.75) is 41.7 Å². The largest absolute Gasteiger partial charge is 0.390 e. The van der Waals surface area contributed by atoms with Crippen molar-refractivity contribution in [3.05, 3.63) is 12.1 Å². The number of nitrogens with two attached hydrogens (primary N) is 3. The van der Waals surface area contributed by atoms with Gasteiger partial charge in [-0.3, -0.25) is 0 Å². The Morgan fingerprint density at radius 3 is 2.45 bits per heavy atom. The number of primary sulfonamides is 1. The molecule has 0 aliphatic carbocycles. The van der Waals surface area contributed by atoms with Gasteiger partial charge < -0.3 is 21.5 Å². The van der Waals surface area contributed by atoms with E-state index >= 15 is 0 Å². The first-order chi connectivity index (χ1) is 15.5. The Hall–Kier alpha value is -2.21. The Kier molecular flexibility index (Phi) is 7.67. The van der Waals surface area contributed by atoms with Gasteiger partial charge in [0.25, 0.3) is 0 Å². The van der Waals surface area contributed by atoms with E-state index in [4.69, 9.17) is 16.6 Å². The summed E-state index contributed by atoms with van der Waals surface area (Å²) < 4.78 is 53.5. The molecule has 2 aromatic rings. The maximum atomic E-state index is 13.0. The first-order valence-electron chi connectivity index (χ1n) is 10.3. The first-order valence-corrected chi connectivity index (χ1v) is 13.3. The van der Waals surface area contributed by atoms with Gasteiger partial charge in [0, 0.05) is 37.9 Å². The second kappa shape index (κ2) is 9.96. The van der Waals surface area contributed by atoms with Gasteiger partial charge in [-0.15, -0.1) is 5.10 Å². The maximum absolute atomic E-state index is 13.0. The number of hydrogen-bond donors (Lipinski definition) is 6. The molecule has 0 saturated carbocycles. The number of anilines is 1. The van der Waals surface area contributed by atoms with E-state index in [1.54, 1.807) is 0 Å². The molecule has 3 rings (SSSR count). The van der Waals surface area contributed by atoms with Crippen LogP contribution in [0, 0.1) is 5.92 Å². The van der Waals surface area contributed by atoms with Crippen LogP contribution in [0.25, 0.3) is 11.4 Å². The highest BCUT2D eigenvalue weighted by molar-refractivity contribution is 7.92. The van der Waals surface area contributed by atoms with Crippen LogP contribution in [0.1, 0.15) is 19.8 Å². The van der Waals surface area contributed by atoms with E-state index in [0.717, 1.165) is 18.9 Å². The molecule has 16 heteroatoms. The molecule has 184 valence electrons. The molecule has 14 nitrogen and oxygen atoms in total. The van der Waals surface area contributed by atoms with Crippen LogP contribution in [0.15, 0.2) is 21.9 Å². The van der Waals surface area contributed by atoms with E-state index in [1.807, 2.05) is 11.8 Å². The number of piperidine rings is 1. The van der Waals surface area contributed by atoms with Gasteiger partial charge in [0.2, 0.25) is 20.0 Å². The number of sulfonamides is 2. The minimum absolute atomic E-state index is 0.0209. The number of benzene rings is 1. The van der Waals surface area contributed by atoms with E-state index in [9.17, 15) is 21.9 Å². The molecule has 33 heavy (non-hydrogen) atoms. The summed E-state index contributed by atoms with van der Waals surface area (Å²) >= 11 is 0. The van der Waals surface area contributed by atoms with Gasteiger partial charge in [0.15, 0.2) is 5.82 Å². The standard InChI is InChI=1S/C17H29N9O5S2/c1-10(19)11-4-6-26(7-5-11)13-2-3-14(33(30,31)21-9-12(27)8-18)16(32(20,28)29)15(13)17-22-24-25-23-17/h2-3,10-12,21,27H,4-9,18-19H2,1H3,(H2,20,28,29)(H,22,23,24,25). The van der Waals surface area contributed by atoms with Gasteiger partial charge >= 0.3 is 0 Å². The molecular weight excluding hydrogens is 474 g/mol. The fourth-order valence-corrected chi connectivity index (χ4v) is 6.51. The zero-order chi connectivity index (χ0) is 24.4. The SMILES string of the molecule is CC(N)C1CCN(c2ccc(S(=O)(=O)NCC(O)CN)c(S(N)(=O)=O)c2-c2nnn[nH]2)CC1. The number of nitrogens with zero attached hydrogens (tertiary/aromatic N) is 4. The number of hydrogen-bond acceptors (Lipinski definition) is 11. The highest BCUT2D eigenvalue weighted by atomic mass is 32.2. The number of aromatic amines is 1. The Morgan fingerprint density at radius 1 is 1.27 bits per heavy atom. The zero-order valence-corrected chi connectivity index (χ0v) is 19.7. The number of H-pyrrole nitrogens is 1. The summed E-state index contributed by atoms with van der Waals surface area (Å²) in [5.74, 6) is 0.259. The quantitative estimate of drug-likeness (QED) is 0.212. The van der Waals surface area contributed by atoms with Crippen molar-refractivity contribution in [2.24, 2.45) is 22.5 Å². The summed E-state index contributed by atoms with van der Waals surface area (Å²) in [5.41, 5.74) is 11.7. The topological polar surface area (TPSA) is 236 Å². The molecule has 2 atom stereocenters. The van der Waals surface area contributed by atoms with E-state index in [2.05, 4.69) is 25.3 Å². The van der Waals surface area contributed by atoms with E-state index in [-0.39, 0.29) is 24.0 Å². The maximum Gasteiger partial charge on any atom is 0.242 e. The Labute approximate surface area is 192 Å². The minimum atomic E-state index is -4.57. The molecule has 9 N–H and O–H groups in total. The summed E-state index contributed by atoms with van der Waals surface area (Å²) in [7, 11) is -8.97. The lowest BCUT2D eigenvalue weighted by Gasteiger charge is -2.36. The van der Waals surface area contributed by atoms with Crippen LogP contribution in [0.4, 0.5) is 5.69 Å². The zero-order valence-electron chi connectivity index (χ0n) is 18.0. The molecular formula is C17H29N9O5S2. The van der Waals surface area contributed by atoms with Crippen LogP contribution in [0.2, 0.25) is 0 Å². The van der Waals surface area contributed by atoms with Crippen LogP contribution in [0.5, 0.6) is 0 Å². The lowest BCUT2D eigenvalue weighted by atomic mass is 9.90. The molecule has 2 unspecified atom stereocenters. The highest BCUT2D eigenvalue weighted by Crippen LogP contribution is 2.39. The van der Waals surface area contributed by atoms with Gasteiger partial charge in [0.1, 0.15) is 9.79 Å². The average molecular weight is 504 g/mol. The first kappa shape index (κ1) is 25.4. The average Bonchev–Trinajstić information content (AvgIpc) is 3.30. The Bertz CT molecular complexity index is 1160. The number of aliphatic hydroxyl groups excluding tert-OH is 1. The molecule has 1 aliphatic rings. The Balaban J connectivity index is 2.16. The summed E-state index contributed by atoms with van der Waals surface area (Å²) in [5, 5.41) is 28.5. The second-order valence-corrected chi connectivity index (χ2v) is 11.2. The second-order valence-electron chi connectivity index (χ2n) is 8.01. The van der Waals surface area contributed by atoms with Gasteiger partial charge in [-0.25, -0.2) is 31.8 Å². The summed E-state index contributed by atoms with van der Waals surface area (Å²) in [6, 6.07) is 2.68. The Morgan fingerprint density at radius 2 is 1.94 bits per heavy atom. The molecule has 1 aromatic heterocycles. The number of aliphatic hydroxyl groups is 1. The number of nitrogens with one attached hydrogen (secondary N) is 2. The number of aromatic nitrogens is 4. The molecule has 0 spiro atoms. The summed E-state index contributed by atoms with van der Waals surface area (Å²) in [4.78, 5) is 0.686. The fourth-order valence-electron chi connectivity index (χ4n) is 3.84. The van der Waals surface area contributed by atoms with Crippen molar-refractivity contribution < 1.29 is 21.9 Å². The van der Waals surface area contributed by atoms with Gasteiger partial charge in [0.05, 0.1) is 11.7 Å². The molecule has 1 aliphatic heterocycles. The number of rotatable bonds is 9. The smallest absolute Gasteiger partial charge is 0.242 e. The summed E-state index contributed by atoms with van der Waals surface area (Å²) in [6.45, 7) is 2.49. The van der Waals surface area contributed by atoms with Gasteiger partial charge in [-0.1, -0.05) is 0 Å². The molecule has 1 saturated heterocycles. The van der Waals surface area contributed by atoms with E-state index < -0.39 is 42.5 Å². The van der Waals surface area contributed by atoms with E-state index in [1.165, 1.54) is 6.07 Å². The predicted molar refractivity (Wildman–Crippen MR) is 120 cm³/mol. The van der Waals surface area contributed by atoms with Crippen molar-refractivity contribution in [1.82, 2.24) is 25.3 Å². The minimum Gasteiger partial charge on any atom is -0.390 e. The molecule has 1 fully saturated rings.